The van der Waals surface area contributed by atoms with Crippen LogP contribution in [0, 0.1) is 0 Å². The summed E-state index contributed by atoms with van der Waals surface area (Å²) in [5.74, 6) is 0.521. The van der Waals surface area contributed by atoms with Crippen LogP contribution in [0.2, 0.25) is 0 Å². The number of aldehydes is 1. The number of anilines is 1. The van der Waals surface area contributed by atoms with Gasteiger partial charge in [-0.2, -0.15) is 0 Å². The highest BCUT2D eigenvalue weighted by Crippen LogP contribution is 2.13. The second kappa shape index (κ2) is 4.87. The standard InChI is InChI=1S/C10H12ClNO/c1-8(6-11)12-10-5-3-2-4-9(10)7-13/h2-5,7-8,12H,6H2,1H3. The van der Waals surface area contributed by atoms with E-state index in [2.05, 4.69) is 5.32 Å². The van der Waals surface area contributed by atoms with Crippen molar-refractivity contribution in [3.8, 4) is 0 Å². The smallest absolute Gasteiger partial charge is 0.152 e. The Bertz CT molecular complexity index is 288. The van der Waals surface area contributed by atoms with Crippen LogP contribution in [0.25, 0.3) is 0 Å². The van der Waals surface area contributed by atoms with Gasteiger partial charge in [0.2, 0.25) is 0 Å². The van der Waals surface area contributed by atoms with Crippen molar-refractivity contribution in [3.63, 3.8) is 0 Å². The first-order valence-electron chi connectivity index (χ1n) is 4.14. The quantitative estimate of drug-likeness (QED) is 0.594. The minimum absolute atomic E-state index is 0.169. The third-order valence-corrected chi connectivity index (χ3v) is 2.18. The summed E-state index contributed by atoms with van der Waals surface area (Å²) < 4.78 is 0. The molecule has 0 amide bonds. The Hall–Kier alpha value is -1.02. The van der Waals surface area contributed by atoms with Crippen LogP contribution in [0.5, 0.6) is 0 Å². The summed E-state index contributed by atoms with van der Waals surface area (Å²) in [4.78, 5) is 10.6. The molecule has 0 fully saturated rings. The molecule has 0 spiro atoms. The molecule has 0 radical (unpaired) electrons. The molecule has 0 aromatic heterocycles. The second-order valence-corrected chi connectivity index (χ2v) is 3.21. The summed E-state index contributed by atoms with van der Waals surface area (Å²) in [5.41, 5.74) is 1.50. The van der Waals surface area contributed by atoms with E-state index >= 15 is 0 Å². The highest BCUT2D eigenvalue weighted by molar-refractivity contribution is 6.18. The minimum Gasteiger partial charge on any atom is -0.381 e. The summed E-state index contributed by atoms with van der Waals surface area (Å²) in [5, 5.41) is 3.15. The molecule has 3 heteroatoms. The van der Waals surface area contributed by atoms with Gasteiger partial charge in [-0.3, -0.25) is 4.79 Å². The van der Waals surface area contributed by atoms with Crippen LogP contribution in [-0.2, 0) is 0 Å². The molecular weight excluding hydrogens is 186 g/mol. The van der Waals surface area contributed by atoms with Gasteiger partial charge in [0.15, 0.2) is 6.29 Å². The van der Waals surface area contributed by atoms with Crippen LogP contribution in [0.3, 0.4) is 0 Å². The summed E-state index contributed by atoms with van der Waals surface area (Å²) >= 11 is 5.65. The molecule has 0 aliphatic carbocycles. The molecular formula is C10H12ClNO. The van der Waals surface area contributed by atoms with E-state index in [4.69, 9.17) is 11.6 Å². The van der Waals surface area contributed by atoms with E-state index < -0.39 is 0 Å². The zero-order chi connectivity index (χ0) is 9.68. The predicted molar refractivity (Wildman–Crippen MR) is 55.6 cm³/mol. The number of rotatable bonds is 4. The molecule has 0 heterocycles. The SMILES string of the molecule is CC(CCl)Nc1ccccc1C=O. The molecule has 1 aromatic rings. The number of nitrogens with one attached hydrogen (secondary N) is 1. The number of halogens is 1. The molecule has 1 N–H and O–H groups in total. The lowest BCUT2D eigenvalue weighted by molar-refractivity contribution is 0.112. The van der Waals surface area contributed by atoms with E-state index in [1.165, 1.54) is 0 Å². The number of benzene rings is 1. The van der Waals surface area contributed by atoms with Crippen LogP contribution >= 0.6 is 11.6 Å². The van der Waals surface area contributed by atoms with Gasteiger partial charge in [-0.1, -0.05) is 12.1 Å². The lowest BCUT2D eigenvalue weighted by Crippen LogP contribution is -2.17. The third kappa shape index (κ3) is 2.74. The van der Waals surface area contributed by atoms with E-state index in [-0.39, 0.29) is 6.04 Å². The van der Waals surface area contributed by atoms with Gasteiger partial charge in [0.1, 0.15) is 0 Å². The van der Waals surface area contributed by atoms with Crippen molar-refractivity contribution in [1.29, 1.82) is 0 Å². The Morgan fingerprint density at radius 2 is 2.23 bits per heavy atom. The van der Waals surface area contributed by atoms with Gasteiger partial charge in [-0.25, -0.2) is 0 Å². The number of carbonyl (C=O) groups excluding carboxylic acids is 1. The van der Waals surface area contributed by atoms with Crippen LogP contribution in [0.15, 0.2) is 24.3 Å². The average Bonchev–Trinajstić information content (AvgIpc) is 2.18. The van der Waals surface area contributed by atoms with Crippen LogP contribution in [-0.4, -0.2) is 18.2 Å². The van der Waals surface area contributed by atoms with Crippen molar-refractivity contribution in [2.75, 3.05) is 11.2 Å². The normalized spacial score (nSPS) is 12.2. The first kappa shape index (κ1) is 10.1. The maximum atomic E-state index is 10.6. The van der Waals surface area contributed by atoms with Gasteiger partial charge in [-0.05, 0) is 19.1 Å². The topological polar surface area (TPSA) is 29.1 Å². The fourth-order valence-electron chi connectivity index (χ4n) is 1.04. The highest BCUT2D eigenvalue weighted by Gasteiger charge is 2.03. The minimum atomic E-state index is 0.169. The van der Waals surface area contributed by atoms with Crippen LogP contribution < -0.4 is 5.32 Å². The van der Waals surface area contributed by atoms with Crippen LogP contribution in [0.4, 0.5) is 5.69 Å². The molecule has 70 valence electrons. The summed E-state index contributed by atoms with van der Waals surface area (Å²) in [6, 6.07) is 7.53. The fraction of sp³-hybridized carbons (Fsp3) is 0.300. The van der Waals surface area contributed by atoms with E-state index in [1.54, 1.807) is 6.07 Å². The molecule has 2 nitrogen and oxygen atoms in total. The molecule has 13 heavy (non-hydrogen) atoms. The summed E-state index contributed by atoms with van der Waals surface area (Å²) in [7, 11) is 0. The zero-order valence-electron chi connectivity index (χ0n) is 7.46. The summed E-state index contributed by atoms with van der Waals surface area (Å²) in [6.45, 7) is 1.97. The Morgan fingerprint density at radius 1 is 1.54 bits per heavy atom. The third-order valence-electron chi connectivity index (χ3n) is 1.72. The van der Waals surface area contributed by atoms with Gasteiger partial charge in [-0.15, -0.1) is 11.6 Å². The van der Waals surface area contributed by atoms with E-state index in [9.17, 15) is 4.79 Å². The van der Waals surface area contributed by atoms with Gasteiger partial charge in [0.05, 0.1) is 0 Å². The largest absolute Gasteiger partial charge is 0.381 e. The number of carbonyl (C=O) groups is 1. The molecule has 0 aliphatic rings. The number of alkyl halides is 1. The number of para-hydroxylation sites is 1. The Balaban J connectivity index is 2.80. The van der Waals surface area contributed by atoms with Crippen molar-refractivity contribution < 1.29 is 4.79 Å². The maximum Gasteiger partial charge on any atom is 0.152 e. The number of hydrogen-bond donors (Lipinski definition) is 1. The Labute approximate surface area is 82.9 Å². The lowest BCUT2D eigenvalue weighted by Gasteiger charge is -2.13. The Kier molecular flexibility index (Phi) is 3.77. The maximum absolute atomic E-state index is 10.6. The predicted octanol–water partition coefficient (Wildman–Crippen LogP) is 2.54. The Morgan fingerprint density at radius 3 is 2.85 bits per heavy atom. The molecule has 0 saturated carbocycles. The van der Waals surface area contributed by atoms with Crippen molar-refractivity contribution in [1.82, 2.24) is 0 Å². The van der Waals surface area contributed by atoms with Crippen molar-refractivity contribution >= 4 is 23.6 Å². The first-order chi connectivity index (χ1) is 6.27. The fourth-order valence-corrected chi connectivity index (χ4v) is 1.11. The molecule has 1 aromatic carbocycles. The van der Waals surface area contributed by atoms with Crippen molar-refractivity contribution in [2.24, 2.45) is 0 Å². The zero-order valence-corrected chi connectivity index (χ0v) is 8.21. The van der Waals surface area contributed by atoms with E-state index in [0.29, 0.717) is 11.4 Å². The van der Waals surface area contributed by atoms with E-state index in [1.807, 2.05) is 25.1 Å². The van der Waals surface area contributed by atoms with Gasteiger partial charge in [0.25, 0.3) is 0 Å². The van der Waals surface area contributed by atoms with Crippen molar-refractivity contribution in [2.45, 2.75) is 13.0 Å². The van der Waals surface area contributed by atoms with Crippen molar-refractivity contribution in [3.05, 3.63) is 29.8 Å². The monoisotopic (exact) mass is 197 g/mol. The highest BCUT2D eigenvalue weighted by atomic mass is 35.5. The molecule has 1 unspecified atom stereocenters. The van der Waals surface area contributed by atoms with Crippen LogP contribution in [0.1, 0.15) is 17.3 Å². The molecule has 0 saturated heterocycles. The summed E-state index contributed by atoms with van der Waals surface area (Å²) in [6.07, 6.45) is 0.837. The van der Waals surface area contributed by atoms with Gasteiger partial charge < -0.3 is 5.32 Å². The van der Waals surface area contributed by atoms with Gasteiger partial charge >= 0.3 is 0 Å². The van der Waals surface area contributed by atoms with Gasteiger partial charge in [0, 0.05) is 23.2 Å². The molecule has 1 rings (SSSR count). The second-order valence-electron chi connectivity index (χ2n) is 2.90. The molecule has 1 atom stereocenters. The van der Waals surface area contributed by atoms with E-state index in [0.717, 1.165) is 12.0 Å². The lowest BCUT2D eigenvalue weighted by atomic mass is 10.2. The first-order valence-corrected chi connectivity index (χ1v) is 4.68. The molecule has 0 bridgehead atoms. The molecule has 0 aliphatic heterocycles. The average molecular weight is 198 g/mol. The number of hydrogen-bond acceptors (Lipinski definition) is 2.